The highest BCUT2D eigenvalue weighted by Gasteiger charge is 2.06. The van der Waals surface area contributed by atoms with Crippen LogP contribution in [0.4, 0.5) is 5.69 Å². The number of hydrazone groups is 1. The lowest BCUT2D eigenvalue weighted by atomic mass is 10.2. The molecule has 0 atom stereocenters. The molecule has 2 rings (SSSR count). The van der Waals surface area contributed by atoms with Gasteiger partial charge < -0.3 is 9.47 Å². The Hall–Kier alpha value is -2.20. The molecule has 0 unspecified atom stereocenters. The topological polar surface area (TPSA) is 42.8 Å². The Morgan fingerprint density at radius 2 is 1.91 bits per heavy atom. The quantitative estimate of drug-likeness (QED) is 0.605. The van der Waals surface area contributed by atoms with Gasteiger partial charge in [0.05, 0.1) is 25.1 Å². The van der Waals surface area contributed by atoms with Gasteiger partial charge in [0, 0.05) is 5.02 Å². The second-order valence-corrected chi connectivity index (χ2v) is 5.82. The molecule has 0 heterocycles. The molecule has 0 amide bonds. The summed E-state index contributed by atoms with van der Waals surface area (Å²) in [6.07, 6.45) is 1.80. The second kappa shape index (κ2) is 7.88. The number of nitrogens with one attached hydrogen (secondary N) is 1. The van der Waals surface area contributed by atoms with E-state index >= 15 is 0 Å². The fraction of sp³-hybridized carbons (Fsp3) is 0.278. The van der Waals surface area contributed by atoms with E-state index < -0.39 is 0 Å². The number of benzene rings is 2. The van der Waals surface area contributed by atoms with E-state index in [1.807, 2.05) is 57.2 Å². The molecule has 5 heteroatoms. The molecule has 2 aromatic rings. The van der Waals surface area contributed by atoms with Crippen LogP contribution in [0.15, 0.2) is 41.5 Å². The van der Waals surface area contributed by atoms with Crippen molar-refractivity contribution in [3.63, 3.8) is 0 Å². The van der Waals surface area contributed by atoms with Gasteiger partial charge in [-0.1, -0.05) is 17.7 Å². The molecule has 0 saturated heterocycles. The van der Waals surface area contributed by atoms with Gasteiger partial charge in [0.2, 0.25) is 0 Å². The van der Waals surface area contributed by atoms with E-state index in [4.69, 9.17) is 21.1 Å². The second-order valence-electron chi connectivity index (χ2n) is 5.41. The average Bonchev–Trinajstić information content (AvgIpc) is 2.50. The van der Waals surface area contributed by atoms with Gasteiger partial charge in [0.1, 0.15) is 0 Å². The summed E-state index contributed by atoms with van der Waals surface area (Å²) in [6, 6.07) is 11.4. The number of rotatable bonds is 6. The third-order valence-corrected chi connectivity index (χ3v) is 3.54. The van der Waals surface area contributed by atoms with Crippen LogP contribution in [0.5, 0.6) is 11.5 Å². The Bertz CT molecular complexity index is 699. The number of aryl methyl sites for hydroxylation is 1. The van der Waals surface area contributed by atoms with Crippen molar-refractivity contribution in [3.05, 3.63) is 52.5 Å². The lowest BCUT2D eigenvalue weighted by molar-refractivity contribution is 0.230. The molecule has 0 spiro atoms. The Labute approximate surface area is 142 Å². The molecule has 2 aromatic carbocycles. The summed E-state index contributed by atoms with van der Waals surface area (Å²) in [5.41, 5.74) is 5.74. The first-order chi connectivity index (χ1) is 11.0. The highest BCUT2D eigenvalue weighted by molar-refractivity contribution is 6.31. The number of nitrogens with zero attached hydrogens (tertiary/aromatic N) is 1. The smallest absolute Gasteiger partial charge is 0.162 e. The molecule has 0 fully saturated rings. The molecule has 1 N–H and O–H groups in total. The van der Waals surface area contributed by atoms with Gasteiger partial charge in [-0.2, -0.15) is 5.10 Å². The van der Waals surface area contributed by atoms with Crippen molar-refractivity contribution >= 4 is 23.5 Å². The van der Waals surface area contributed by atoms with Gasteiger partial charge in [0.25, 0.3) is 0 Å². The van der Waals surface area contributed by atoms with Crippen molar-refractivity contribution < 1.29 is 9.47 Å². The van der Waals surface area contributed by atoms with Gasteiger partial charge in [-0.3, -0.25) is 5.43 Å². The van der Waals surface area contributed by atoms with E-state index in [-0.39, 0.29) is 6.10 Å². The molecule has 0 aliphatic rings. The summed E-state index contributed by atoms with van der Waals surface area (Å²) in [5.74, 6) is 1.40. The molecule has 4 nitrogen and oxygen atoms in total. The summed E-state index contributed by atoms with van der Waals surface area (Å²) in [4.78, 5) is 0. The van der Waals surface area contributed by atoms with Crippen molar-refractivity contribution in [2.24, 2.45) is 5.10 Å². The molecule has 0 radical (unpaired) electrons. The van der Waals surface area contributed by atoms with Crippen LogP contribution >= 0.6 is 11.6 Å². The Balaban J connectivity index is 2.11. The summed E-state index contributed by atoms with van der Waals surface area (Å²) in [7, 11) is 1.62. The summed E-state index contributed by atoms with van der Waals surface area (Å²) < 4.78 is 11.0. The van der Waals surface area contributed by atoms with Crippen LogP contribution in [0.1, 0.15) is 25.0 Å². The van der Waals surface area contributed by atoms with Crippen molar-refractivity contribution in [3.8, 4) is 11.5 Å². The van der Waals surface area contributed by atoms with Gasteiger partial charge in [-0.05, 0) is 62.2 Å². The van der Waals surface area contributed by atoms with E-state index in [0.29, 0.717) is 16.5 Å². The molecule has 0 aliphatic carbocycles. The van der Waals surface area contributed by atoms with Crippen LogP contribution in [0.2, 0.25) is 5.02 Å². The van der Waals surface area contributed by atoms with Crippen LogP contribution in [0.25, 0.3) is 0 Å². The minimum Gasteiger partial charge on any atom is -0.493 e. The Kier molecular flexibility index (Phi) is 5.88. The maximum atomic E-state index is 6.09. The molecule has 0 bridgehead atoms. The lowest BCUT2D eigenvalue weighted by Crippen LogP contribution is -2.07. The zero-order valence-corrected chi connectivity index (χ0v) is 14.5. The van der Waals surface area contributed by atoms with E-state index in [9.17, 15) is 0 Å². The van der Waals surface area contributed by atoms with Crippen molar-refractivity contribution in [1.82, 2.24) is 0 Å². The van der Waals surface area contributed by atoms with Crippen LogP contribution in [0, 0.1) is 6.92 Å². The van der Waals surface area contributed by atoms with E-state index in [0.717, 1.165) is 16.8 Å². The predicted molar refractivity (Wildman–Crippen MR) is 96.2 cm³/mol. The van der Waals surface area contributed by atoms with Gasteiger partial charge in [0.15, 0.2) is 11.5 Å². The number of halogens is 1. The molecule has 122 valence electrons. The van der Waals surface area contributed by atoms with E-state index in [1.165, 1.54) is 0 Å². The zero-order valence-electron chi connectivity index (χ0n) is 13.8. The molecule has 0 aromatic heterocycles. The maximum absolute atomic E-state index is 6.09. The van der Waals surface area contributed by atoms with Gasteiger partial charge in [-0.25, -0.2) is 0 Å². The fourth-order valence-electron chi connectivity index (χ4n) is 1.96. The molecular formula is C18H21ClN2O2. The van der Waals surface area contributed by atoms with E-state index in [1.54, 1.807) is 13.3 Å². The van der Waals surface area contributed by atoms with Crippen molar-refractivity contribution in [2.75, 3.05) is 12.5 Å². The minimum atomic E-state index is 0.0731. The molecule has 23 heavy (non-hydrogen) atoms. The highest BCUT2D eigenvalue weighted by atomic mass is 35.5. The number of anilines is 1. The Morgan fingerprint density at radius 1 is 1.13 bits per heavy atom. The monoisotopic (exact) mass is 332 g/mol. The highest BCUT2D eigenvalue weighted by Crippen LogP contribution is 2.28. The Morgan fingerprint density at radius 3 is 2.57 bits per heavy atom. The summed E-state index contributed by atoms with van der Waals surface area (Å²) in [5, 5.41) is 4.94. The molecule has 0 aliphatic heterocycles. The third-order valence-electron chi connectivity index (χ3n) is 3.13. The lowest BCUT2D eigenvalue weighted by Gasteiger charge is -2.13. The summed E-state index contributed by atoms with van der Waals surface area (Å²) >= 11 is 6.09. The van der Waals surface area contributed by atoms with Gasteiger partial charge in [-0.15, -0.1) is 0 Å². The van der Waals surface area contributed by atoms with E-state index in [2.05, 4.69) is 10.5 Å². The molecular weight excluding hydrogens is 312 g/mol. The van der Waals surface area contributed by atoms with Crippen LogP contribution in [-0.2, 0) is 0 Å². The number of methoxy groups -OCH3 is 1. The number of ether oxygens (including phenoxy) is 2. The molecule has 0 saturated carbocycles. The fourth-order valence-corrected chi connectivity index (χ4v) is 2.14. The first kappa shape index (κ1) is 17.2. The SMILES string of the molecule is COc1ccc(/C=N/Nc2ccc(C)c(Cl)c2)cc1OC(C)C. The van der Waals surface area contributed by atoms with Crippen LogP contribution in [0.3, 0.4) is 0 Å². The zero-order chi connectivity index (χ0) is 16.8. The number of hydrogen-bond acceptors (Lipinski definition) is 4. The minimum absolute atomic E-state index is 0.0731. The average molecular weight is 333 g/mol. The van der Waals surface area contributed by atoms with Gasteiger partial charge >= 0.3 is 0 Å². The number of hydrogen-bond donors (Lipinski definition) is 1. The first-order valence-electron chi connectivity index (χ1n) is 7.39. The predicted octanol–water partition coefficient (Wildman–Crippen LogP) is 4.89. The maximum Gasteiger partial charge on any atom is 0.162 e. The third kappa shape index (κ3) is 4.89. The largest absolute Gasteiger partial charge is 0.493 e. The summed E-state index contributed by atoms with van der Waals surface area (Å²) in [6.45, 7) is 5.91. The van der Waals surface area contributed by atoms with Crippen molar-refractivity contribution in [2.45, 2.75) is 26.9 Å². The van der Waals surface area contributed by atoms with Crippen LogP contribution < -0.4 is 14.9 Å². The van der Waals surface area contributed by atoms with Crippen molar-refractivity contribution in [1.29, 1.82) is 0 Å². The first-order valence-corrected chi connectivity index (χ1v) is 7.77. The standard InChI is InChI=1S/C18H21ClN2O2/c1-12(2)23-18-9-14(6-8-17(18)22-4)11-20-21-15-7-5-13(3)16(19)10-15/h5-12,21H,1-4H3/b20-11+. The van der Waals surface area contributed by atoms with Crippen LogP contribution in [-0.4, -0.2) is 19.4 Å². The normalized spacial score (nSPS) is 11.0.